The molecule has 1 aromatic carbocycles. The molecule has 0 spiro atoms. The lowest BCUT2D eigenvalue weighted by Crippen LogP contribution is -2.25. The average Bonchev–Trinajstić information content (AvgIpc) is 2.49. The first kappa shape index (κ1) is 16.3. The highest BCUT2D eigenvalue weighted by atomic mass is 16.4. The van der Waals surface area contributed by atoms with Crippen LogP contribution >= 0.6 is 0 Å². The van der Waals surface area contributed by atoms with Gasteiger partial charge in [0.1, 0.15) is 18.2 Å². The van der Waals surface area contributed by atoms with Gasteiger partial charge < -0.3 is 5.11 Å². The van der Waals surface area contributed by atoms with Gasteiger partial charge in [-0.15, -0.1) is 0 Å². The van der Waals surface area contributed by atoms with Crippen LogP contribution < -0.4 is 5.43 Å². The van der Waals surface area contributed by atoms with Gasteiger partial charge in [-0.1, -0.05) is 36.9 Å². The Morgan fingerprint density at radius 2 is 2.19 bits per heavy atom. The predicted octanol–water partition coefficient (Wildman–Crippen LogP) is 1.67. The van der Waals surface area contributed by atoms with Crippen LogP contribution in [0.3, 0.4) is 0 Å². The van der Waals surface area contributed by atoms with Gasteiger partial charge in [-0.3, -0.25) is 15.2 Å². The first-order chi connectivity index (χ1) is 10.1. The van der Waals surface area contributed by atoms with E-state index in [1.807, 2.05) is 0 Å². The van der Waals surface area contributed by atoms with Gasteiger partial charge in [0, 0.05) is 18.2 Å². The zero-order chi connectivity index (χ0) is 15.7. The smallest absolute Gasteiger partial charge is 0.352 e. The van der Waals surface area contributed by atoms with Gasteiger partial charge >= 0.3 is 5.97 Å². The lowest BCUT2D eigenvalue weighted by Gasteiger charge is -2.08. The minimum absolute atomic E-state index is 0.0507. The summed E-state index contributed by atoms with van der Waals surface area (Å²) in [7, 11) is 0. The van der Waals surface area contributed by atoms with E-state index in [-0.39, 0.29) is 18.3 Å². The third-order valence-corrected chi connectivity index (χ3v) is 2.59. The van der Waals surface area contributed by atoms with Crippen LogP contribution in [0.15, 0.2) is 47.0 Å². The van der Waals surface area contributed by atoms with E-state index in [1.54, 1.807) is 31.2 Å². The molecule has 1 rings (SSSR count). The molecule has 0 saturated carbocycles. The summed E-state index contributed by atoms with van der Waals surface area (Å²) in [6.07, 6.45) is 3.38. The molecule has 21 heavy (non-hydrogen) atoms. The molecule has 0 amide bonds. The molecular formula is C15H17N3O3. The number of hydrogen-bond donors (Lipinski definition) is 2. The van der Waals surface area contributed by atoms with E-state index in [9.17, 15) is 14.7 Å². The fourth-order valence-electron chi connectivity index (χ4n) is 1.55. The Bertz CT molecular complexity index is 579. The number of nitrogens with one attached hydrogen (secondary N) is 1. The summed E-state index contributed by atoms with van der Waals surface area (Å²) < 4.78 is 0. The number of carboxylic acids is 1. The molecule has 0 aliphatic carbocycles. The Morgan fingerprint density at radius 3 is 2.81 bits per heavy atom. The number of carbonyl (C=O) groups is 2. The van der Waals surface area contributed by atoms with Crippen molar-refractivity contribution in [3.05, 3.63) is 48.0 Å². The molecule has 6 nitrogen and oxygen atoms in total. The summed E-state index contributed by atoms with van der Waals surface area (Å²) in [4.78, 5) is 26.2. The van der Waals surface area contributed by atoms with Crippen LogP contribution in [0.4, 0.5) is 0 Å². The highest BCUT2D eigenvalue weighted by Crippen LogP contribution is 2.08. The third kappa shape index (κ3) is 5.40. The number of rotatable bonds is 8. The van der Waals surface area contributed by atoms with Gasteiger partial charge in [-0.25, -0.2) is 4.79 Å². The number of aliphatic imine (C=N–C) groups is 1. The number of aliphatic carboxylic acids is 1. The summed E-state index contributed by atoms with van der Waals surface area (Å²) in [5.74, 6) is -1.15. The first-order valence-electron chi connectivity index (χ1n) is 6.31. The summed E-state index contributed by atoms with van der Waals surface area (Å²) >= 11 is 0. The van der Waals surface area contributed by atoms with Crippen LogP contribution in [0.1, 0.15) is 22.8 Å². The minimum Gasteiger partial charge on any atom is -0.477 e. The maximum atomic E-state index is 11.2. The van der Waals surface area contributed by atoms with Gasteiger partial charge in [0.25, 0.3) is 0 Å². The molecule has 0 bridgehead atoms. The van der Waals surface area contributed by atoms with Crippen LogP contribution in [-0.4, -0.2) is 35.5 Å². The van der Waals surface area contributed by atoms with Crippen molar-refractivity contribution in [2.24, 2.45) is 10.1 Å². The maximum absolute atomic E-state index is 11.2. The van der Waals surface area contributed by atoms with Crippen LogP contribution in [0.25, 0.3) is 0 Å². The fourth-order valence-corrected chi connectivity index (χ4v) is 1.55. The largest absolute Gasteiger partial charge is 0.477 e. The van der Waals surface area contributed by atoms with Gasteiger partial charge in [-0.2, -0.15) is 5.10 Å². The molecule has 1 unspecified atom stereocenters. The number of carbonyl (C=O) groups excluding carboxylic acids is 1. The van der Waals surface area contributed by atoms with Crippen molar-refractivity contribution in [2.75, 3.05) is 0 Å². The van der Waals surface area contributed by atoms with E-state index >= 15 is 0 Å². The lowest BCUT2D eigenvalue weighted by molar-refractivity contribution is -0.129. The number of hydrogen-bond acceptors (Lipinski definition) is 5. The Kier molecular flexibility index (Phi) is 6.53. The molecule has 0 fully saturated rings. The normalized spacial score (nSPS) is 12.9. The Labute approximate surface area is 122 Å². The minimum atomic E-state index is -1.15. The van der Waals surface area contributed by atoms with Crippen molar-refractivity contribution in [2.45, 2.75) is 19.5 Å². The van der Waals surface area contributed by atoms with Crippen LogP contribution in [-0.2, 0) is 11.2 Å². The Balaban J connectivity index is 2.87. The van der Waals surface area contributed by atoms with E-state index in [0.29, 0.717) is 17.4 Å². The number of aldehydes is 1. The summed E-state index contributed by atoms with van der Waals surface area (Å²) in [5, 5.41) is 13.0. The molecule has 0 aliphatic heterocycles. The van der Waals surface area contributed by atoms with E-state index in [2.05, 4.69) is 22.1 Å². The molecule has 2 N–H and O–H groups in total. The highest BCUT2D eigenvalue weighted by Gasteiger charge is 2.13. The summed E-state index contributed by atoms with van der Waals surface area (Å²) in [6, 6.07) is 6.79. The average molecular weight is 287 g/mol. The Hall–Kier alpha value is -2.76. The van der Waals surface area contributed by atoms with Gasteiger partial charge in [-0.05, 0) is 12.5 Å². The molecule has 0 radical (unpaired) electrons. The predicted molar refractivity (Wildman–Crippen MR) is 81.9 cm³/mol. The molecule has 0 aliphatic rings. The fraction of sp³-hybridized carbons (Fsp3) is 0.200. The van der Waals surface area contributed by atoms with E-state index in [0.717, 1.165) is 0 Å². The Morgan fingerprint density at radius 1 is 1.48 bits per heavy atom. The number of allylic oxidation sites excluding steroid dienone is 1. The molecule has 6 heteroatoms. The molecule has 0 heterocycles. The zero-order valence-corrected chi connectivity index (χ0v) is 11.7. The maximum Gasteiger partial charge on any atom is 0.352 e. The molecular weight excluding hydrogens is 270 g/mol. The number of benzene rings is 1. The SMILES string of the molecule is C=C/C=N\C(C)N/N=C(\Cc1ccccc1C=O)C(=O)O. The molecule has 110 valence electrons. The molecule has 1 atom stereocenters. The lowest BCUT2D eigenvalue weighted by atomic mass is 10.0. The summed E-state index contributed by atoms with van der Waals surface area (Å²) in [6.45, 7) is 5.22. The second-order valence-electron chi connectivity index (χ2n) is 4.20. The van der Waals surface area contributed by atoms with Gasteiger partial charge in [0.2, 0.25) is 0 Å². The second-order valence-corrected chi connectivity index (χ2v) is 4.20. The zero-order valence-electron chi connectivity index (χ0n) is 11.7. The first-order valence-corrected chi connectivity index (χ1v) is 6.31. The van der Waals surface area contributed by atoms with Crippen LogP contribution in [0.2, 0.25) is 0 Å². The summed E-state index contributed by atoms with van der Waals surface area (Å²) in [5.41, 5.74) is 3.59. The van der Waals surface area contributed by atoms with E-state index in [1.165, 1.54) is 12.3 Å². The van der Waals surface area contributed by atoms with Crippen LogP contribution in [0.5, 0.6) is 0 Å². The van der Waals surface area contributed by atoms with Crippen LogP contribution in [0, 0.1) is 0 Å². The molecule has 0 saturated heterocycles. The van der Waals surface area contributed by atoms with Crippen molar-refractivity contribution in [3.8, 4) is 0 Å². The quantitative estimate of drug-likeness (QED) is 0.432. The molecule has 1 aromatic rings. The number of carboxylic acid groups (broad SMARTS) is 1. The van der Waals surface area contributed by atoms with Crippen molar-refractivity contribution in [3.63, 3.8) is 0 Å². The highest BCUT2D eigenvalue weighted by molar-refractivity contribution is 6.36. The van der Waals surface area contributed by atoms with E-state index in [4.69, 9.17) is 0 Å². The monoisotopic (exact) mass is 287 g/mol. The topological polar surface area (TPSA) is 91.1 Å². The van der Waals surface area contributed by atoms with Crippen molar-refractivity contribution < 1.29 is 14.7 Å². The van der Waals surface area contributed by atoms with Gasteiger partial charge in [0.05, 0.1) is 0 Å². The van der Waals surface area contributed by atoms with E-state index < -0.39 is 5.97 Å². The van der Waals surface area contributed by atoms with Crippen molar-refractivity contribution in [1.29, 1.82) is 0 Å². The second kappa shape index (κ2) is 8.42. The number of hydrazone groups is 1. The number of nitrogens with zero attached hydrogens (tertiary/aromatic N) is 2. The van der Waals surface area contributed by atoms with Crippen molar-refractivity contribution >= 4 is 24.2 Å². The van der Waals surface area contributed by atoms with Crippen molar-refractivity contribution in [1.82, 2.24) is 5.43 Å². The standard InChI is InChI=1S/C15H17N3O3/c1-3-8-16-11(2)17-18-14(15(20)21)9-12-6-4-5-7-13(12)10-19/h3-8,10-11,17H,1,9H2,2H3,(H,20,21)/b16-8-,18-14+. The van der Waals surface area contributed by atoms with Gasteiger partial charge in [0.15, 0.2) is 0 Å². The third-order valence-electron chi connectivity index (χ3n) is 2.59. The molecule has 0 aromatic heterocycles.